The molecule has 0 unspecified atom stereocenters. The number of hydrogen-bond acceptors (Lipinski definition) is 6. The van der Waals surface area contributed by atoms with Gasteiger partial charge in [-0.15, -0.1) is 0 Å². The van der Waals surface area contributed by atoms with Gasteiger partial charge in [0.05, 0.1) is 5.92 Å². The van der Waals surface area contributed by atoms with Crippen molar-refractivity contribution in [2.24, 2.45) is 5.92 Å². The van der Waals surface area contributed by atoms with Gasteiger partial charge in [-0.3, -0.25) is 14.5 Å². The standard InChI is InChI=1S/C33H33ClN4O4/c34-25-9-10-27-26(18-25)30(23-5-2-1-3-6-23)31(32(39)35-27)38-12-4-7-24(20-38)33(40)37-15-13-36(14-16-37)19-22-8-11-28-29(17-22)42-21-41-28/h1-3,5-6,8-11,17-18,24H,4,7,12-16,19-21H2,(H,35,39)/t24-/m0/s1. The molecule has 1 atom stereocenters. The summed E-state index contributed by atoms with van der Waals surface area (Å²) in [7, 11) is 0. The second kappa shape index (κ2) is 11.3. The molecule has 3 aromatic carbocycles. The Labute approximate surface area is 249 Å². The number of carbonyl (C=O) groups is 1. The summed E-state index contributed by atoms with van der Waals surface area (Å²) in [6, 6.07) is 21.6. The van der Waals surface area contributed by atoms with Crippen LogP contribution in [0.4, 0.5) is 5.69 Å². The van der Waals surface area contributed by atoms with E-state index in [4.69, 9.17) is 21.1 Å². The SMILES string of the molecule is O=C([C@H]1CCCN(c2c(-c3ccccc3)c3cc(Cl)ccc3[nH]c2=O)C1)N1CCN(Cc2ccc3c(c2)OCO3)CC1. The summed E-state index contributed by atoms with van der Waals surface area (Å²) in [5, 5.41) is 1.51. The normalized spacial score (nSPS) is 18.9. The van der Waals surface area contributed by atoms with Gasteiger partial charge in [0.1, 0.15) is 5.69 Å². The van der Waals surface area contributed by atoms with Crippen molar-refractivity contribution in [1.29, 1.82) is 0 Å². The van der Waals surface area contributed by atoms with E-state index >= 15 is 0 Å². The van der Waals surface area contributed by atoms with Gasteiger partial charge < -0.3 is 24.3 Å². The van der Waals surface area contributed by atoms with Gasteiger partial charge in [0, 0.05) is 67.3 Å². The second-order valence-corrected chi connectivity index (χ2v) is 11.7. The van der Waals surface area contributed by atoms with Crippen molar-refractivity contribution < 1.29 is 14.3 Å². The molecule has 7 rings (SSSR count). The van der Waals surface area contributed by atoms with Gasteiger partial charge in [0.25, 0.3) is 5.56 Å². The number of rotatable bonds is 5. The summed E-state index contributed by atoms with van der Waals surface area (Å²) in [4.78, 5) is 36.9. The fourth-order valence-electron chi connectivity index (χ4n) is 6.52. The van der Waals surface area contributed by atoms with E-state index in [9.17, 15) is 9.59 Å². The van der Waals surface area contributed by atoms with Crippen molar-refractivity contribution in [2.75, 3.05) is 51.0 Å². The van der Waals surface area contributed by atoms with E-state index in [-0.39, 0.29) is 24.2 Å². The van der Waals surface area contributed by atoms with E-state index in [0.29, 0.717) is 30.3 Å². The second-order valence-electron chi connectivity index (χ2n) is 11.3. The first-order valence-electron chi connectivity index (χ1n) is 14.6. The van der Waals surface area contributed by atoms with Crippen molar-refractivity contribution in [3.05, 3.63) is 87.7 Å². The first kappa shape index (κ1) is 26.9. The van der Waals surface area contributed by atoms with Crippen LogP contribution in [-0.2, 0) is 11.3 Å². The summed E-state index contributed by atoms with van der Waals surface area (Å²) in [5.74, 6) is 1.62. The maximum Gasteiger partial charge on any atom is 0.272 e. The van der Waals surface area contributed by atoms with E-state index in [1.807, 2.05) is 59.5 Å². The average Bonchev–Trinajstić information content (AvgIpc) is 3.49. The van der Waals surface area contributed by atoms with Crippen molar-refractivity contribution in [3.63, 3.8) is 0 Å². The predicted octanol–water partition coefficient (Wildman–Crippen LogP) is 5.14. The molecule has 1 amide bonds. The van der Waals surface area contributed by atoms with Crippen LogP contribution in [0.25, 0.3) is 22.0 Å². The van der Waals surface area contributed by atoms with Crippen molar-refractivity contribution >= 4 is 34.1 Å². The molecule has 216 valence electrons. The highest BCUT2D eigenvalue weighted by molar-refractivity contribution is 6.31. The van der Waals surface area contributed by atoms with Crippen LogP contribution in [-0.4, -0.2) is 66.8 Å². The molecule has 0 saturated carbocycles. The van der Waals surface area contributed by atoms with Gasteiger partial charge in [-0.25, -0.2) is 0 Å². The van der Waals surface area contributed by atoms with E-state index < -0.39 is 0 Å². The Morgan fingerprint density at radius 2 is 1.74 bits per heavy atom. The van der Waals surface area contributed by atoms with Crippen LogP contribution in [0.3, 0.4) is 0 Å². The van der Waals surface area contributed by atoms with E-state index in [2.05, 4.69) is 20.9 Å². The lowest BCUT2D eigenvalue weighted by Crippen LogP contribution is -2.52. The minimum atomic E-state index is -0.155. The number of amides is 1. The predicted molar refractivity (Wildman–Crippen MR) is 164 cm³/mol. The Bertz CT molecular complexity index is 1680. The van der Waals surface area contributed by atoms with E-state index in [1.165, 1.54) is 5.56 Å². The third-order valence-corrected chi connectivity index (χ3v) is 8.86. The Kier molecular flexibility index (Phi) is 7.25. The van der Waals surface area contributed by atoms with Gasteiger partial charge in [0.2, 0.25) is 12.7 Å². The molecule has 0 spiro atoms. The number of aromatic nitrogens is 1. The monoisotopic (exact) mass is 584 g/mol. The first-order valence-corrected chi connectivity index (χ1v) is 15.0. The molecular formula is C33H33ClN4O4. The Morgan fingerprint density at radius 3 is 2.57 bits per heavy atom. The number of aromatic amines is 1. The van der Waals surface area contributed by atoms with Gasteiger partial charge >= 0.3 is 0 Å². The van der Waals surface area contributed by atoms with Crippen LogP contribution < -0.4 is 19.9 Å². The number of piperazine rings is 1. The third-order valence-electron chi connectivity index (χ3n) is 8.63. The molecular weight excluding hydrogens is 552 g/mol. The number of nitrogens with one attached hydrogen (secondary N) is 1. The molecule has 42 heavy (non-hydrogen) atoms. The summed E-state index contributed by atoms with van der Waals surface area (Å²) >= 11 is 6.41. The zero-order chi connectivity index (χ0) is 28.6. The zero-order valence-corrected chi connectivity index (χ0v) is 24.1. The largest absolute Gasteiger partial charge is 0.454 e. The number of anilines is 1. The molecule has 0 bridgehead atoms. The first-order chi connectivity index (χ1) is 20.5. The lowest BCUT2D eigenvalue weighted by molar-refractivity contribution is -0.137. The summed E-state index contributed by atoms with van der Waals surface area (Å²) < 4.78 is 11.0. The van der Waals surface area contributed by atoms with Crippen LogP contribution in [0.1, 0.15) is 18.4 Å². The van der Waals surface area contributed by atoms with E-state index in [1.54, 1.807) is 6.07 Å². The van der Waals surface area contributed by atoms with Crippen molar-refractivity contribution in [3.8, 4) is 22.6 Å². The molecule has 4 heterocycles. The van der Waals surface area contributed by atoms with Crippen molar-refractivity contribution in [1.82, 2.24) is 14.8 Å². The molecule has 9 heteroatoms. The fraction of sp³-hybridized carbons (Fsp3) is 0.333. The summed E-state index contributed by atoms with van der Waals surface area (Å²) in [6.07, 6.45) is 1.67. The quantitative estimate of drug-likeness (QED) is 0.350. The van der Waals surface area contributed by atoms with Crippen LogP contribution in [0.5, 0.6) is 11.5 Å². The van der Waals surface area contributed by atoms with Gasteiger partial charge in [-0.2, -0.15) is 0 Å². The molecule has 2 fully saturated rings. The molecule has 1 aromatic heterocycles. The van der Waals surface area contributed by atoms with Crippen LogP contribution in [0.15, 0.2) is 71.5 Å². The van der Waals surface area contributed by atoms with Gasteiger partial charge in [0.15, 0.2) is 11.5 Å². The van der Waals surface area contributed by atoms with Gasteiger partial charge in [-0.05, 0) is 54.3 Å². The Balaban J connectivity index is 1.08. The minimum Gasteiger partial charge on any atom is -0.454 e. The highest BCUT2D eigenvalue weighted by Gasteiger charge is 2.33. The highest BCUT2D eigenvalue weighted by atomic mass is 35.5. The van der Waals surface area contributed by atoms with Crippen LogP contribution in [0.2, 0.25) is 5.02 Å². The fourth-order valence-corrected chi connectivity index (χ4v) is 6.69. The third kappa shape index (κ3) is 5.21. The number of ether oxygens (including phenoxy) is 2. The summed E-state index contributed by atoms with van der Waals surface area (Å²) in [5.41, 5.74) is 4.21. The molecule has 2 saturated heterocycles. The lowest BCUT2D eigenvalue weighted by atomic mass is 9.93. The number of nitrogens with zero attached hydrogens (tertiary/aromatic N) is 3. The number of carbonyl (C=O) groups excluding carboxylic acids is 1. The number of pyridine rings is 1. The number of hydrogen-bond donors (Lipinski definition) is 1. The molecule has 0 radical (unpaired) electrons. The smallest absolute Gasteiger partial charge is 0.272 e. The zero-order valence-electron chi connectivity index (χ0n) is 23.4. The molecule has 3 aliphatic heterocycles. The summed E-state index contributed by atoms with van der Waals surface area (Å²) in [6.45, 7) is 5.36. The van der Waals surface area contributed by atoms with Crippen molar-refractivity contribution in [2.45, 2.75) is 19.4 Å². The number of benzene rings is 3. The highest BCUT2D eigenvalue weighted by Crippen LogP contribution is 2.37. The number of halogens is 1. The minimum absolute atomic E-state index is 0.145. The Morgan fingerprint density at radius 1 is 0.929 bits per heavy atom. The number of piperidine rings is 1. The van der Waals surface area contributed by atoms with Crippen LogP contribution in [0, 0.1) is 5.92 Å². The Hall–Kier alpha value is -4.01. The lowest BCUT2D eigenvalue weighted by Gasteiger charge is -2.39. The maximum absolute atomic E-state index is 13.8. The number of H-pyrrole nitrogens is 1. The van der Waals surface area contributed by atoms with Crippen LogP contribution >= 0.6 is 11.6 Å². The maximum atomic E-state index is 13.8. The van der Waals surface area contributed by atoms with E-state index in [0.717, 1.165) is 72.5 Å². The molecule has 3 aliphatic rings. The topological polar surface area (TPSA) is 78.1 Å². The average molecular weight is 585 g/mol. The molecule has 8 nitrogen and oxygen atoms in total. The number of fused-ring (bicyclic) bond motifs is 2. The molecule has 4 aromatic rings. The van der Waals surface area contributed by atoms with Gasteiger partial charge in [-0.1, -0.05) is 48.0 Å². The molecule has 0 aliphatic carbocycles. The molecule has 1 N–H and O–H groups in total.